The topological polar surface area (TPSA) is 65.5 Å². The van der Waals surface area contributed by atoms with Crippen molar-refractivity contribution in [3.8, 4) is 11.4 Å². The van der Waals surface area contributed by atoms with Gasteiger partial charge in [-0.05, 0) is 72.8 Å². The second kappa shape index (κ2) is 15.2. The lowest BCUT2D eigenvalue weighted by Crippen LogP contribution is -2.37. The Labute approximate surface area is 309 Å². The van der Waals surface area contributed by atoms with Crippen LogP contribution in [0.4, 0.5) is 40.1 Å². The number of benzene rings is 7. The van der Waals surface area contributed by atoms with Gasteiger partial charge in [-0.25, -0.2) is 4.98 Å². The number of para-hydroxylation sites is 6. The van der Waals surface area contributed by atoms with Crippen LogP contribution in [0.15, 0.2) is 212 Å². The minimum atomic E-state index is -4.20. The third kappa shape index (κ3) is 6.81. The van der Waals surface area contributed by atoms with Crippen LogP contribution in [-0.2, 0) is 4.57 Å². The third-order valence-corrected chi connectivity index (χ3v) is 11.4. The van der Waals surface area contributed by atoms with Gasteiger partial charge in [0.15, 0.2) is 5.82 Å². The summed E-state index contributed by atoms with van der Waals surface area (Å²) in [4.78, 5) is 17.6. The van der Waals surface area contributed by atoms with Crippen LogP contribution in [-0.4, -0.2) is 15.0 Å². The molecule has 7 nitrogen and oxygen atoms in total. The molecule has 1 heterocycles. The Morgan fingerprint density at radius 3 is 0.981 bits per heavy atom. The Bertz CT molecular complexity index is 2220. The highest BCUT2D eigenvalue weighted by Gasteiger charge is 2.46. The van der Waals surface area contributed by atoms with Crippen molar-refractivity contribution in [1.82, 2.24) is 15.0 Å². The average molecular weight is 707 g/mol. The van der Waals surface area contributed by atoms with Crippen LogP contribution in [0.2, 0.25) is 0 Å². The van der Waals surface area contributed by atoms with Gasteiger partial charge in [-0.1, -0.05) is 140 Å². The van der Waals surface area contributed by atoms with Crippen LogP contribution >= 0.6 is 7.44 Å². The smallest absolute Gasteiger partial charge is 0.279 e. The van der Waals surface area contributed by atoms with E-state index in [9.17, 15) is 0 Å². The van der Waals surface area contributed by atoms with Crippen LogP contribution in [0.5, 0.6) is 0 Å². The van der Waals surface area contributed by atoms with Gasteiger partial charge >= 0.3 is 7.44 Å². The van der Waals surface area contributed by atoms with Crippen LogP contribution in [0, 0.1) is 0 Å². The maximum Gasteiger partial charge on any atom is 0.338 e. The Balaban J connectivity index is 1.50. The lowest BCUT2D eigenvalue weighted by molar-refractivity contribution is 0.579. The summed E-state index contributed by atoms with van der Waals surface area (Å²) in [5.41, 5.74) is 5.41. The molecule has 0 aliphatic heterocycles. The number of nitrogens with zero attached hydrogens (tertiary/aromatic N) is 6. The van der Waals surface area contributed by atoms with Gasteiger partial charge in [-0.3, -0.25) is 18.8 Å². The summed E-state index contributed by atoms with van der Waals surface area (Å²) >= 11 is 0. The lowest BCUT2D eigenvalue weighted by atomic mass is 10.2. The number of hydrogen-bond acceptors (Lipinski definition) is 5. The van der Waals surface area contributed by atoms with Crippen molar-refractivity contribution in [3.63, 3.8) is 0 Å². The molecule has 8 aromatic rings. The fourth-order valence-corrected chi connectivity index (χ4v) is 9.07. The zero-order valence-electron chi connectivity index (χ0n) is 28.7. The van der Waals surface area contributed by atoms with E-state index in [4.69, 9.17) is 15.0 Å². The Kier molecular flexibility index (Phi) is 9.56. The molecule has 0 atom stereocenters. The molecule has 7 aromatic carbocycles. The van der Waals surface area contributed by atoms with Crippen molar-refractivity contribution in [2.24, 2.45) is 0 Å². The van der Waals surface area contributed by atoms with Gasteiger partial charge in [0.25, 0.3) is 0 Å². The number of aromatic nitrogens is 3. The van der Waals surface area contributed by atoms with E-state index in [-0.39, 0.29) is 5.57 Å². The van der Waals surface area contributed by atoms with Gasteiger partial charge in [0.05, 0.1) is 0 Å². The summed E-state index contributed by atoms with van der Waals surface area (Å²) < 4.78 is 21.1. The van der Waals surface area contributed by atoms with Crippen LogP contribution < -0.4 is 19.8 Å². The second-order valence-corrected chi connectivity index (χ2v) is 14.4. The summed E-state index contributed by atoms with van der Waals surface area (Å²) in [6.07, 6.45) is 0. The van der Waals surface area contributed by atoms with Gasteiger partial charge in [0.2, 0.25) is 11.5 Å². The molecule has 0 fully saturated rings. The summed E-state index contributed by atoms with van der Waals surface area (Å²) in [7, 11) is -4.20. The fourth-order valence-electron chi connectivity index (χ4n) is 6.30. The zero-order chi connectivity index (χ0) is 35.9. The number of anilines is 7. The minimum absolute atomic E-state index is 0.110. The molecule has 0 amide bonds. The fraction of sp³-hybridized carbons (Fsp3) is 0. The highest BCUT2D eigenvalue weighted by Crippen LogP contribution is 2.62. The molecule has 256 valence electrons. The lowest BCUT2D eigenvalue weighted by Gasteiger charge is -2.40. The molecule has 0 N–H and O–H groups in total. The van der Waals surface area contributed by atoms with Crippen molar-refractivity contribution in [1.29, 1.82) is 0 Å². The highest BCUT2D eigenvalue weighted by molar-refractivity contribution is 7.74. The van der Waals surface area contributed by atoms with Crippen molar-refractivity contribution in [2.45, 2.75) is 0 Å². The maximum absolute atomic E-state index is 17.3. The second-order valence-electron chi connectivity index (χ2n) is 12.1. The first-order chi connectivity index (χ1) is 26.2. The van der Waals surface area contributed by atoms with Gasteiger partial charge in [-0.2, -0.15) is 9.97 Å². The van der Waals surface area contributed by atoms with Gasteiger partial charge < -0.3 is 0 Å². The molecule has 0 saturated carbocycles. The van der Waals surface area contributed by atoms with Crippen molar-refractivity contribution >= 4 is 53.1 Å². The Hall–Kier alpha value is -6.82. The quantitative estimate of drug-likeness (QED) is 0.124. The third-order valence-electron chi connectivity index (χ3n) is 8.68. The molecule has 0 unspecified atom stereocenters. The SMILES string of the molecule is O=P(c1nc(-c2ccccc2)nc(N(c2ccccc2)c2ccccc2)n1)(N(c1ccccc1)c1ccccc1)N(c1ccccc1)c1ccccc1. The molecule has 0 saturated heterocycles. The standard InChI is InChI=1S/C45H35N6OP/c52-53(50(39-28-14-4-15-29-39)40-30-16-5-17-31-40,51(41-32-18-6-19-33-41)42-34-20-7-21-35-42)45-47-43(36-22-8-1-9-23-36)46-44(48-45)49(37-24-10-2-11-25-37)38-26-12-3-13-27-38/h1-35H. The first-order valence-electron chi connectivity index (χ1n) is 17.3. The van der Waals surface area contributed by atoms with Crippen LogP contribution in [0.25, 0.3) is 11.4 Å². The monoisotopic (exact) mass is 706 g/mol. The molecule has 0 spiro atoms. The van der Waals surface area contributed by atoms with Gasteiger partial charge in [0, 0.05) is 39.7 Å². The molecule has 0 aliphatic rings. The molecule has 8 heteroatoms. The summed E-state index contributed by atoms with van der Waals surface area (Å²) in [6.45, 7) is 0. The summed E-state index contributed by atoms with van der Waals surface area (Å²) in [6, 6.07) is 68.9. The van der Waals surface area contributed by atoms with E-state index < -0.39 is 7.44 Å². The summed E-state index contributed by atoms with van der Waals surface area (Å²) in [5.74, 6) is 0.721. The van der Waals surface area contributed by atoms with Crippen LogP contribution in [0.1, 0.15) is 0 Å². The Morgan fingerprint density at radius 1 is 0.340 bits per heavy atom. The molecule has 0 bridgehead atoms. The largest absolute Gasteiger partial charge is 0.338 e. The van der Waals surface area contributed by atoms with E-state index in [1.54, 1.807) is 0 Å². The average Bonchev–Trinajstić information content (AvgIpc) is 3.24. The van der Waals surface area contributed by atoms with Gasteiger partial charge in [0.1, 0.15) is 0 Å². The van der Waals surface area contributed by atoms with Crippen LogP contribution in [0.3, 0.4) is 0 Å². The van der Waals surface area contributed by atoms with E-state index >= 15 is 4.57 Å². The van der Waals surface area contributed by atoms with Crippen molar-refractivity contribution < 1.29 is 4.57 Å². The predicted octanol–water partition coefficient (Wildman–Crippen LogP) is 11.5. The van der Waals surface area contributed by atoms with Crippen molar-refractivity contribution in [2.75, 3.05) is 14.2 Å². The van der Waals surface area contributed by atoms with E-state index in [0.29, 0.717) is 34.5 Å². The van der Waals surface area contributed by atoms with E-state index in [2.05, 4.69) is 0 Å². The molecule has 0 radical (unpaired) electrons. The van der Waals surface area contributed by atoms with E-state index in [1.807, 2.05) is 227 Å². The number of hydrogen-bond donors (Lipinski definition) is 0. The zero-order valence-corrected chi connectivity index (χ0v) is 29.6. The minimum Gasteiger partial charge on any atom is -0.279 e. The maximum atomic E-state index is 17.3. The first kappa shape index (κ1) is 33.3. The molecular weight excluding hydrogens is 672 g/mol. The molecule has 8 rings (SSSR count). The molecule has 1 aromatic heterocycles. The highest BCUT2D eigenvalue weighted by atomic mass is 31.2. The Morgan fingerprint density at radius 2 is 0.642 bits per heavy atom. The molecular formula is C45H35N6OP. The van der Waals surface area contributed by atoms with Crippen molar-refractivity contribution in [3.05, 3.63) is 212 Å². The van der Waals surface area contributed by atoms with E-state index in [0.717, 1.165) is 16.9 Å². The van der Waals surface area contributed by atoms with Gasteiger partial charge in [-0.15, -0.1) is 0 Å². The number of rotatable bonds is 11. The normalized spacial score (nSPS) is 11.1. The molecule has 53 heavy (non-hydrogen) atoms. The first-order valence-corrected chi connectivity index (χ1v) is 19.0. The van der Waals surface area contributed by atoms with E-state index in [1.165, 1.54) is 0 Å². The predicted molar refractivity (Wildman–Crippen MR) is 217 cm³/mol. The molecule has 0 aliphatic carbocycles. The summed E-state index contributed by atoms with van der Waals surface area (Å²) in [5, 5.41) is 0.